The van der Waals surface area contributed by atoms with Gasteiger partial charge in [0.1, 0.15) is 0 Å². The average molecular weight is 342 g/mol. The van der Waals surface area contributed by atoms with E-state index in [2.05, 4.69) is 56.6 Å². The van der Waals surface area contributed by atoms with Crippen molar-refractivity contribution in [2.75, 3.05) is 0 Å². The fraction of sp³-hybridized carbons (Fsp3) is 0.417. The lowest BCUT2D eigenvalue weighted by Gasteiger charge is -2.10. The summed E-state index contributed by atoms with van der Waals surface area (Å²) in [5.41, 5.74) is 7.21. The molecule has 7 heteroatoms. The minimum Gasteiger partial charge on any atom is -0.327 e. The first kappa shape index (κ1) is 14.5. The summed E-state index contributed by atoms with van der Waals surface area (Å²) >= 11 is 5.12. The second kappa shape index (κ2) is 6.49. The van der Waals surface area contributed by atoms with Crippen LogP contribution in [0.2, 0.25) is 0 Å². The zero-order chi connectivity index (χ0) is 13.8. The van der Waals surface area contributed by atoms with Crippen LogP contribution in [-0.2, 0) is 13.5 Å². The largest absolute Gasteiger partial charge is 0.327 e. The lowest BCUT2D eigenvalue weighted by atomic mass is 10.1. The van der Waals surface area contributed by atoms with Crippen LogP contribution in [0.1, 0.15) is 18.9 Å². The van der Waals surface area contributed by atoms with Gasteiger partial charge in [0.15, 0.2) is 0 Å². The van der Waals surface area contributed by atoms with Crippen molar-refractivity contribution in [2.24, 2.45) is 12.8 Å². The molecule has 102 valence electrons. The fourth-order valence-corrected chi connectivity index (χ4v) is 3.01. The van der Waals surface area contributed by atoms with E-state index in [0.717, 1.165) is 27.4 Å². The van der Waals surface area contributed by atoms with Gasteiger partial charge in [0.2, 0.25) is 5.16 Å². The number of aromatic nitrogens is 4. The van der Waals surface area contributed by atoms with Gasteiger partial charge in [-0.25, -0.2) is 4.68 Å². The number of nitrogens with two attached hydrogens (primary N) is 1. The number of rotatable bonds is 5. The van der Waals surface area contributed by atoms with Crippen LogP contribution in [0, 0.1) is 0 Å². The molecule has 2 aromatic rings. The number of nitrogens with zero attached hydrogens (tertiary/aromatic N) is 4. The Bertz CT molecular complexity index is 557. The number of hydrogen-bond donors (Lipinski definition) is 1. The predicted octanol–water partition coefficient (Wildman–Crippen LogP) is 2.40. The number of benzene rings is 1. The van der Waals surface area contributed by atoms with Gasteiger partial charge < -0.3 is 5.73 Å². The Morgan fingerprint density at radius 1 is 1.47 bits per heavy atom. The van der Waals surface area contributed by atoms with Gasteiger partial charge in [-0.15, -0.1) is 5.10 Å². The van der Waals surface area contributed by atoms with E-state index < -0.39 is 0 Å². The zero-order valence-corrected chi connectivity index (χ0v) is 13.3. The Morgan fingerprint density at radius 2 is 2.26 bits per heavy atom. The third kappa shape index (κ3) is 3.77. The molecule has 2 rings (SSSR count). The van der Waals surface area contributed by atoms with Crippen LogP contribution in [-0.4, -0.2) is 26.2 Å². The van der Waals surface area contributed by atoms with Crippen LogP contribution in [0.3, 0.4) is 0 Å². The summed E-state index contributed by atoms with van der Waals surface area (Å²) in [5, 5.41) is 12.2. The van der Waals surface area contributed by atoms with Crippen LogP contribution >= 0.6 is 27.7 Å². The SMILES string of the molecule is CCC(N)Cc1ccc(Sc2nnnn2C)c(Br)c1. The second-order valence-electron chi connectivity index (χ2n) is 4.32. The summed E-state index contributed by atoms with van der Waals surface area (Å²) in [6, 6.07) is 6.50. The molecule has 0 saturated heterocycles. The maximum Gasteiger partial charge on any atom is 0.213 e. The Balaban J connectivity index is 2.13. The van der Waals surface area contributed by atoms with Crippen LogP contribution < -0.4 is 5.73 Å². The molecule has 0 radical (unpaired) electrons. The van der Waals surface area contributed by atoms with Crippen molar-refractivity contribution in [2.45, 2.75) is 35.9 Å². The summed E-state index contributed by atoms with van der Waals surface area (Å²) in [4.78, 5) is 1.09. The minimum atomic E-state index is 0.216. The molecule has 0 bridgehead atoms. The maximum atomic E-state index is 5.97. The van der Waals surface area contributed by atoms with E-state index in [4.69, 9.17) is 5.73 Å². The molecule has 0 aliphatic heterocycles. The highest BCUT2D eigenvalue weighted by Crippen LogP contribution is 2.32. The Kier molecular flexibility index (Phi) is 4.95. The van der Waals surface area contributed by atoms with Gasteiger partial charge in [-0.2, -0.15) is 0 Å². The predicted molar refractivity (Wildman–Crippen MR) is 79.0 cm³/mol. The van der Waals surface area contributed by atoms with Crippen molar-refractivity contribution >= 4 is 27.7 Å². The van der Waals surface area contributed by atoms with E-state index in [1.54, 1.807) is 4.68 Å². The van der Waals surface area contributed by atoms with Gasteiger partial charge in [0.05, 0.1) is 0 Å². The number of halogens is 1. The molecule has 1 aromatic heterocycles. The highest BCUT2D eigenvalue weighted by atomic mass is 79.9. The molecular weight excluding hydrogens is 326 g/mol. The molecular formula is C12H16BrN5S. The third-order valence-corrected chi connectivity index (χ3v) is 4.82. The Labute approximate surface area is 125 Å². The van der Waals surface area contributed by atoms with Crippen LogP contribution in [0.25, 0.3) is 0 Å². The molecule has 2 N–H and O–H groups in total. The summed E-state index contributed by atoms with van der Waals surface area (Å²) < 4.78 is 2.69. The summed E-state index contributed by atoms with van der Waals surface area (Å²) in [6.45, 7) is 2.10. The normalized spacial score (nSPS) is 12.6. The monoisotopic (exact) mass is 341 g/mol. The van der Waals surface area contributed by atoms with Crippen molar-refractivity contribution < 1.29 is 0 Å². The third-order valence-electron chi connectivity index (χ3n) is 2.80. The number of tetrazole rings is 1. The van der Waals surface area contributed by atoms with E-state index in [1.807, 2.05) is 7.05 Å². The molecule has 1 aromatic carbocycles. The van der Waals surface area contributed by atoms with Gasteiger partial charge in [-0.3, -0.25) is 0 Å². The highest BCUT2D eigenvalue weighted by molar-refractivity contribution is 9.10. The zero-order valence-electron chi connectivity index (χ0n) is 10.9. The molecule has 1 unspecified atom stereocenters. The lowest BCUT2D eigenvalue weighted by Crippen LogP contribution is -2.21. The van der Waals surface area contributed by atoms with Crippen molar-refractivity contribution in [3.63, 3.8) is 0 Å². The van der Waals surface area contributed by atoms with Gasteiger partial charge in [-0.05, 0) is 68.7 Å². The van der Waals surface area contributed by atoms with E-state index in [9.17, 15) is 0 Å². The molecule has 0 amide bonds. The van der Waals surface area contributed by atoms with E-state index in [-0.39, 0.29) is 6.04 Å². The van der Waals surface area contributed by atoms with Gasteiger partial charge in [-0.1, -0.05) is 13.0 Å². The number of hydrogen-bond acceptors (Lipinski definition) is 5. The first-order valence-electron chi connectivity index (χ1n) is 6.04. The minimum absolute atomic E-state index is 0.216. The average Bonchev–Trinajstić information content (AvgIpc) is 2.78. The second-order valence-corrected chi connectivity index (χ2v) is 6.19. The molecule has 0 saturated carbocycles. The van der Waals surface area contributed by atoms with E-state index in [1.165, 1.54) is 17.3 Å². The van der Waals surface area contributed by atoms with Crippen LogP contribution in [0.5, 0.6) is 0 Å². The van der Waals surface area contributed by atoms with Gasteiger partial charge in [0.25, 0.3) is 0 Å². The van der Waals surface area contributed by atoms with Crippen molar-refractivity contribution in [1.29, 1.82) is 0 Å². The highest BCUT2D eigenvalue weighted by Gasteiger charge is 2.09. The molecule has 1 atom stereocenters. The molecule has 1 heterocycles. The van der Waals surface area contributed by atoms with Crippen molar-refractivity contribution in [3.05, 3.63) is 28.2 Å². The van der Waals surface area contributed by atoms with E-state index in [0.29, 0.717) is 0 Å². The van der Waals surface area contributed by atoms with Gasteiger partial charge in [0, 0.05) is 22.5 Å². The first-order valence-corrected chi connectivity index (χ1v) is 7.65. The lowest BCUT2D eigenvalue weighted by molar-refractivity contribution is 0.646. The number of aryl methyl sites for hydroxylation is 1. The summed E-state index contributed by atoms with van der Waals surface area (Å²) in [5.74, 6) is 0. The van der Waals surface area contributed by atoms with E-state index >= 15 is 0 Å². The molecule has 0 aliphatic rings. The van der Waals surface area contributed by atoms with Crippen LogP contribution in [0.4, 0.5) is 0 Å². The molecule has 0 fully saturated rings. The van der Waals surface area contributed by atoms with Crippen molar-refractivity contribution in [1.82, 2.24) is 20.2 Å². The van der Waals surface area contributed by atoms with Gasteiger partial charge >= 0.3 is 0 Å². The molecule has 5 nitrogen and oxygen atoms in total. The summed E-state index contributed by atoms with van der Waals surface area (Å²) in [6.07, 6.45) is 1.88. The maximum absolute atomic E-state index is 5.97. The Morgan fingerprint density at radius 3 is 2.84 bits per heavy atom. The topological polar surface area (TPSA) is 69.6 Å². The molecule has 0 spiro atoms. The first-order chi connectivity index (χ1) is 9.10. The standard InChI is InChI=1S/C12H16BrN5S/c1-3-9(14)6-8-4-5-11(10(13)7-8)19-12-15-16-17-18(12)2/h4-5,7,9H,3,6,14H2,1-2H3. The smallest absolute Gasteiger partial charge is 0.213 e. The quantitative estimate of drug-likeness (QED) is 0.904. The van der Waals surface area contributed by atoms with Crippen LogP contribution in [0.15, 0.2) is 32.7 Å². The fourth-order valence-electron chi connectivity index (χ4n) is 1.61. The molecule has 19 heavy (non-hydrogen) atoms. The summed E-state index contributed by atoms with van der Waals surface area (Å²) in [7, 11) is 1.82. The Hall–Kier alpha value is -0.920. The van der Waals surface area contributed by atoms with Crippen molar-refractivity contribution in [3.8, 4) is 0 Å². The molecule has 0 aliphatic carbocycles.